The minimum atomic E-state index is -0.148. The molecule has 1 amide bonds. The number of aromatic amines is 1. The van der Waals surface area contributed by atoms with Crippen molar-refractivity contribution < 1.29 is 9.53 Å². The van der Waals surface area contributed by atoms with Gasteiger partial charge in [0.05, 0.1) is 23.8 Å². The maximum atomic E-state index is 11.5. The van der Waals surface area contributed by atoms with Crippen molar-refractivity contribution in [2.75, 3.05) is 12.4 Å². The number of H-pyrrole nitrogens is 1. The van der Waals surface area contributed by atoms with Crippen molar-refractivity contribution >= 4 is 40.0 Å². The fourth-order valence-corrected chi connectivity index (χ4v) is 2.63. The van der Waals surface area contributed by atoms with Crippen LogP contribution in [0.1, 0.15) is 13.3 Å². The van der Waals surface area contributed by atoms with E-state index in [0.29, 0.717) is 17.9 Å². The molecule has 0 aliphatic heterocycles. The molecule has 0 unspecified atom stereocenters. The number of fused-ring (bicyclic) bond motifs is 1. The van der Waals surface area contributed by atoms with Gasteiger partial charge >= 0.3 is 0 Å². The van der Waals surface area contributed by atoms with E-state index in [4.69, 9.17) is 17.0 Å². The number of benzene rings is 2. The van der Waals surface area contributed by atoms with Crippen LogP contribution in [0.2, 0.25) is 0 Å². The Morgan fingerprint density at radius 1 is 1.28 bits per heavy atom. The molecule has 0 saturated carbocycles. The van der Waals surface area contributed by atoms with Crippen molar-refractivity contribution in [3.8, 4) is 17.1 Å². The highest BCUT2D eigenvalue weighted by Crippen LogP contribution is 2.30. The van der Waals surface area contributed by atoms with Crippen LogP contribution in [0.5, 0.6) is 5.75 Å². The summed E-state index contributed by atoms with van der Waals surface area (Å²) in [4.78, 5) is 19.4. The van der Waals surface area contributed by atoms with Gasteiger partial charge in [0.15, 0.2) is 5.11 Å². The Bertz CT molecular complexity index is 903. The van der Waals surface area contributed by atoms with Crippen LogP contribution in [-0.2, 0) is 4.79 Å². The number of nitrogens with one attached hydrogen (secondary N) is 3. The summed E-state index contributed by atoms with van der Waals surface area (Å²) in [6.07, 6.45) is 0.359. The molecule has 3 rings (SSSR count). The van der Waals surface area contributed by atoms with E-state index in [9.17, 15) is 4.79 Å². The quantitative estimate of drug-likeness (QED) is 0.625. The van der Waals surface area contributed by atoms with Crippen LogP contribution < -0.4 is 15.4 Å². The van der Waals surface area contributed by atoms with Gasteiger partial charge in [0.1, 0.15) is 11.6 Å². The van der Waals surface area contributed by atoms with E-state index in [2.05, 4.69) is 20.6 Å². The Labute approximate surface area is 150 Å². The number of ether oxygens (including phenoxy) is 1. The molecule has 0 aliphatic carbocycles. The minimum absolute atomic E-state index is 0.148. The second-order valence-electron chi connectivity index (χ2n) is 5.37. The second kappa shape index (κ2) is 7.31. The average Bonchev–Trinajstić information content (AvgIpc) is 3.05. The molecule has 0 atom stereocenters. The molecule has 25 heavy (non-hydrogen) atoms. The smallest absolute Gasteiger partial charge is 0.225 e. The SMILES string of the molecule is CCC(=O)NC(=S)Nc1cc(-c2nc3ccccc3[nH]2)ccc1OC. The van der Waals surface area contributed by atoms with Crippen LogP contribution in [0.15, 0.2) is 42.5 Å². The number of hydrogen-bond donors (Lipinski definition) is 3. The summed E-state index contributed by atoms with van der Waals surface area (Å²) in [5.74, 6) is 1.22. The van der Waals surface area contributed by atoms with Gasteiger partial charge in [0, 0.05) is 12.0 Å². The minimum Gasteiger partial charge on any atom is -0.495 e. The van der Waals surface area contributed by atoms with Gasteiger partial charge in [-0.1, -0.05) is 19.1 Å². The van der Waals surface area contributed by atoms with Crippen molar-refractivity contribution in [3.05, 3.63) is 42.5 Å². The van der Waals surface area contributed by atoms with Gasteiger partial charge in [0.2, 0.25) is 5.91 Å². The number of para-hydroxylation sites is 2. The van der Waals surface area contributed by atoms with E-state index in [1.54, 1.807) is 14.0 Å². The standard InChI is InChI=1S/C18H18N4O2S/c1-3-16(23)22-18(25)21-14-10-11(8-9-15(14)24-2)17-19-12-6-4-5-7-13(12)20-17/h4-10H,3H2,1-2H3,(H,19,20)(H2,21,22,23,25). The van der Waals surface area contributed by atoms with Crippen LogP contribution in [0.3, 0.4) is 0 Å². The topological polar surface area (TPSA) is 79.0 Å². The number of carbonyl (C=O) groups is 1. The molecule has 7 heteroatoms. The molecule has 1 aromatic heterocycles. The summed E-state index contributed by atoms with van der Waals surface area (Å²) in [6.45, 7) is 1.76. The number of carbonyl (C=O) groups excluding carboxylic acids is 1. The zero-order valence-corrected chi connectivity index (χ0v) is 14.7. The zero-order chi connectivity index (χ0) is 17.8. The van der Waals surface area contributed by atoms with Gasteiger partial charge in [-0.05, 0) is 42.5 Å². The first-order valence-corrected chi connectivity index (χ1v) is 8.25. The van der Waals surface area contributed by atoms with E-state index >= 15 is 0 Å². The highest BCUT2D eigenvalue weighted by molar-refractivity contribution is 7.80. The number of nitrogens with zero attached hydrogens (tertiary/aromatic N) is 1. The monoisotopic (exact) mass is 354 g/mol. The van der Waals surface area contributed by atoms with Crippen molar-refractivity contribution in [2.45, 2.75) is 13.3 Å². The Morgan fingerprint density at radius 3 is 2.80 bits per heavy atom. The number of anilines is 1. The number of aromatic nitrogens is 2. The second-order valence-corrected chi connectivity index (χ2v) is 5.78. The van der Waals surface area contributed by atoms with E-state index in [-0.39, 0.29) is 11.0 Å². The summed E-state index contributed by atoms with van der Waals surface area (Å²) in [6, 6.07) is 13.5. The van der Waals surface area contributed by atoms with Gasteiger partial charge in [-0.25, -0.2) is 4.98 Å². The molecule has 0 spiro atoms. The van der Waals surface area contributed by atoms with Gasteiger partial charge in [-0.2, -0.15) is 0 Å². The Balaban J connectivity index is 1.91. The first-order chi connectivity index (χ1) is 12.1. The maximum Gasteiger partial charge on any atom is 0.225 e. The lowest BCUT2D eigenvalue weighted by molar-refractivity contribution is -0.119. The lowest BCUT2D eigenvalue weighted by Gasteiger charge is -2.13. The molecule has 0 saturated heterocycles. The molecule has 6 nitrogen and oxygen atoms in total. The Hall–Kier alpha value is -2.93. The third-order valence-corrected chi connectivity index (χ3v) is 3.89. The summed E-state index contributed by atoms with van der Waals surface area (Å²) in [7, 11) is 1.58. The number of imidazole rings is 1. The summed E-state index contributed by atoms with van der Waals surface area (Å²) in [5, 5.41) is 5.84. The number of thiocarbonyl (C=S) groups is 1. The molecule has 1 heterocycles. The summed E-state index contributed by atoms with van der Waals surface area (Å²) < 4.78 is 5.36. The number of rotatable bonds is 4. The molecule has 128 valence electrons. The van der Waals surface area contributed by atoms with E-state index < -0.39 is 0 Å². The van der Waals surface area contributed by atoms with Crippen LogP contribution in [-0.4, -0.2) is 28.1 Å². The molecule has 0 fully saturated rings. The normalized spacial score (nSPS) is 10.5. The third kappa shape index (κ3) is 3.77. The lowest BCUT2D eigenvalue weighted by atomic mass is 10.1. The van der Waals surface area contributed by atoms with Crippen molar-refractivity contribution in [2.24, 2.45) is 0 Å². The predicted molar refractivity (Wildman–Crippen MR) is 103 cm³/mol. The van der Waals surface area contributed by atoms with Gasteiger partial charge in [0.25, 0.3) is 0 Å². The molecule has 3 aromatic rings. The molecule has 2 aromatic carbocycles. The highest BCUT2D eigenvalue weighted by Gasteiger charge is 2.11. The lowest BCUT2D eigenvalue weighted by Crippen LogP contribution is -2.33. The number of hydrogen-bond acceptors (Lipinski definition) is 4. The van der Waals surface area contributed by atoms with Crippen LogP contribution in [0.25, 0.3) is 22.4 Å². The number of amides is 1. The van der Waals surface area contributed by atoms with Gasteiger partial charge < -0.3 is 20.4 Å². The molecular formula is C18H18N4O2S. The van der Waals surface area contributed by atoms with Crippen LogP contribution in [0, 0.1) is 0 Å². The van der Waals surface area contributed by atoms with Crippen molar-refractivity contribution in [1.82, 2.24) is 15.3 Å². The van der Waals surface area contributed by atoms with Crippen molar-refractivity contribution in [1.29, 1.82) is 0 Å². The maximum absolute atomic E-state index is 11.5. The molecule has 0 bridgehead atoms. The summed E-state index contributed by atoms with van der Waals surface area (Å²) >= 11 is 5.18. The molecule has 0 radical (unpaired) electrons. The fraction of sp³-hybridized carbons (Fsp3) is 0.167. The predicted octanol–water partition coefficient (Wildman–Crippen LogP) is 3.46. The first-order valence-electron chi connectivity index (χ1n) is 7.84. The third-order valence-electron chi connectivity index (χ3n) is 3.68. The van der Waals surface area contributed by atoms with Crippen LogP contribution >= 0.6 is 12.2 Å². The van der Waals surface area contributed by atoms with Crippen molar-refractivity contribution in [3.63, 3.8) is 0 Å². The first kappa shape index (κ1) is 16.9. The molecular weight excluding hydrogens is 336 g/mol. The van der Waals surface area contributed by atoms with Gasteiger partial charge in [-0.3, -0.25) is 4.79 Å². The van der Waals surface area contributed by atoms with Crippen LogP contribution in [0.4, 0.5) is 5.69 Å². The largest absolute Gasteiger partial charge is 0.495 e. The van der Waals surface area contributed by atoms with E-state index in [1.165, 1.54) is 0 Å². The summed E-state index contributed by atoms with van der Waals surface area (Å²) in [5.41, 5.74) is 3.40. The van der Waals surface area contributed by atoms with E-state index in [0.717, 1.165) is 22.4 Å². The number of methoxy groups -OCH3 is 1. The Morgan fingerprint density at radius 2 is 2.08 bits per heavy atom. The molecule has 3 N–H and O–H groups in total. The highest BCUT2D eigenvalue weighted by atomic mass is 32.1. The van der Waals surface area contributed by atoms with Gasteiger partial charge in [-0.15, -0.1) is 0 Å². The molecule has 0 aliphatic rings. The van der Waals surface area contributed by atoms with E-state index in [1.807, 2.05) is 42.5 Å². The fourth-order valence-electron chi connectivity index (χ4n) is 2.41. The zero-order valence-electron chi connectivity index (χ0n) is 13.9. The Kier molecular flexibility index (Phi) is 4.95. The average molecular weight is 354 g/mol.